The Morgan fingerprint density at radius 1 is 1.13 bits per heavy atom. The van der Waals surface area contributed by atoms with Crippen LogP contribution in [0.25, 0.3) is 5.70 Å². The maximum absolute atomic E-state index is 9.69. The molecule has 0 saturated carbocycles. The average molecular weight is 208 g/mol. The van der Waals surface area contributed by atoms with E-state index in [-0.39, 0.29) is 5.70 Å². The summed E-state index contributed by atoms with van der Waals surface area (Å²) in [6, 6.07) is 3.17. The van der Waals surface area contributed by atoms with Crippen LogP contribution in [0.15, 0.2) is 18.3 Å². The van der Waals surface area contributed by atoms with Crippen LogP contribution >= 0.6 is 0 Å². The summed E-state index contributed by atoms with van der Waals surface area (Å²) >= 11 is 0. The van der Waals surface area contributed by atoms with Crippen molar-refractivity contribution < 1.29 is 10.3 Å². The van der Waals surface area contributed by atoms with E-state index in [4.69, 9.17) is 17.2 Å². The van der Waals surface area contributed by atoms with E-state index in [0.717, 1.165) is 0 Å². The molecule has 1 aliphatic heterocycles. The number of hydrogen-bond acceptors (Lipinski definition) is 6. The topological polar surface area (TPSA) is 122 Å². The number of benzene rings is 1. The van der Waals surface area contributed by atoms with Crippen molar-refractivity contribution in [2.75, 3.05) is 11.5 Å². The third kappa shape index (κ3) is 1.27. The fraction of sp³-hybridized carbons (Fsp3) is 0.111. The Hall–Kier alpha value is -1.92. The molecular weight excluding hydrogens is 196 g/mol. The summed E-state index contributed by atoms with van der Waals surface area (Å²) in [7, 11) is 0. The molecule has 0 radical (unpaired) electrons. The number of nitrogens with two attached hydrogens (primary N) is 3. The average Bonchev–Trinajstić information content (AvgIpc) is 2.18. The van der Waals surface area contributed by atoms with E-state index < -0.39 is 6.23 Å². The first-order valence-electron chi connectivity index (χ1n) is 4.33. The first-order chi connectivity index (χ1) is 7.02. The maximum Gasteiger partial charge on any atom is 0.179 e. The van der Waals surface area contributed by atoms with Crippen LogP contribution in [0.5, 0.6) is 0 Å². The van der Waals surface area contributed by atoms with E-state index in [1.807, 2.05) is 0 Å². The number of aliphatic hydroxyl groups is 1. The molecule has 1 aliphatic rings. The second kappa shape index (κ2) is 3.04. The van der Waals surface area contributed by atoms with Gasteiger partial charge in [0.25, 0.3) is 0 Å². The highest BCUT2D eigenvalue weighted by Crippen LogP contribution is 2.37. The smallest absolute Gasteiger partial charge is 0.179 e. The van der Waals surface area contributed by atoms with Crippen molar-refractivity contribution in [3.63, 3.8) is 0 Å². The molecule has 6 nitrogen and oxygen atoms in total. The molecule has 80 valence electrons. The van der Waals surface area contributed by atoms with Crippen LogP contribution in [0.2, 0.25) is 0 Å². The number of anilines is 2. The minimum absolute atomic E-state index is 0.266. The van der Waals surface area contributed by atoms with Gasteiger partial charge in [0, 0.05) is 22.5 Å². The Kier molecular flexibility index (Phi) is 1.95. The molecule has 6 heteroatoms. The highest BCUT2D eigenvalue weighted by atomic mass is 16.5. The molecule has 1 unspecified atom stereocenters. The van der Waals surface area contributed by atoms with E-state index in [9.17, 15) is 10.3 Å². The second-order valence-electron chi connectivity index (χ2n) is 3.37. The molecule has 0 amide bonds. The van der Waals surface area contributed by atoms with Crippen LogP contribution in [-0.4, -0.2) is 15.4 Å². The van der Waals surface area contributed by atoms with Gasteiger partial charge in [0.1, 0.15) is 0 Å². The normalized spacial score (nSPS) is 19.7. The zero-order valence-electron chi connectivity index (χ0n) is 7.88. The van der Waals surface area contributed by atoms with Gasteiger partial charge in [-0.3, -0.25) is 5.21 Å². The van der Waals surface area contributed by atoms with Gasteiger partial charge in [-0.25, -0.2) is 5.06 Å². The number of rotatable bonds is 0. The monoisotopic (exact) mass is 208 g/mol. The van der Waals surface area contributed by atoms with Gasteiger partial charge in [-0.2, -0.15) is 0 Å². The number of hydroxylamine groups is 2. The van der Waals surface area contributed by atoms with Gasteiger partial charge < -0.3 is 22.3 Å². The van der Waals surface area contributed by atoms with Crippen molar-refractivity contribution in [1.82, 2.24) is 5.06 Å². The lowest BCUT2D eigenvalue weighted by Gasteiger charge is -2.29. The number of aliphatic hydroxyl groups excluding tert-OH is 1. The highest BCUT2D eigenvalue weighted by Gasteiger charge is 2.27. The quantitative estimate of drug-likeness (QED) is 0.376. The number of hydrogen-bond donors (Lipinski definition) is 5. The van der Waals surface area contributed by atoms with Crippen molar-refractivity contribution in [3.05, 3.63) is 29.5 Å². The summed E-state index contributed by atoms with van der Waals surface area (Å²) in [5, 5.41) is 19.6. The van der Waals surface area contributed by atoms with E-state index in [1.165, 1.54) is 6.20 Å². The standard InChI is InChI=1S/C9H12N4O2/c10-4-1-2-5(11)8-7(4)6(12)3-13(15)9(8)14/h1-3,9,14-15H,10-12H2. The van der Waals surface area contributed by atoms with Crippen LogP contribution < -0.4 is 17.2 Å². The summed E-state index contributed by atoms with van der Waals surface area (Å²) < 4.78 is 0. The minimum Gasteiger partial charge on any atom is -0.398 e. The van der Waals surface area contributed by atoms with E-state index in [2.05, 4.69) is 0 Å². The van der Waals surface area contributed by atoms with E-state index in [1.54, 1.807) is 12.1 Å². The Morgan fingerprint density at radius 2 is 1.73 bits per heavy atom. The molecule has 0 fully saturated rings. The van der Waals surface area contributed by atoms with Gasteiger partial charge in [-0.15, -0.1) is 0 Å². The van der Waals surface area contributed by atoms with Crippen molar-refractivity contribution in [2.24, 2.45) is 5.73 Å². The Labute approximate surface area is 86.2 Å². The predicted octanol–water partition coefficient (Wildman–Crippen LogP) is -0.196. The molecular formula is C9H12N4O2. The van der Waals surface area contributed by atoms with Gasteiger partial charge in [0.2, 0.25) is 0 Å². The molecule has 0 spiro atoms. The predicted molar refractivity (Wildman–Crippen MR) is 56.0 cm³/mol. The lowest BCUT2D eigenvalue weighted by molar-refractivity contribution is -0.162. The van der Waals surface area contributed by atoms with Crippen LogP contribution in [0.3, 0.4) is 0 Å². The summed E-state index contributed by atoms with van der Waals surface area (Å²) in [4.78, 5) is 0. The maximum atomic E-state index is 9.69. The third-order valence-electron chi connectivity index (χ3n) is 2.38. The molecule has 1 aromatic carbocycles. The number of nitrogens with zero attached hydrogens (tertiary/aromatic N) is 1. The summed E-state index contributed by atoms with van der Waals surface area (Å²) in [5.41, 5.74) is 18.9. The van der Waals surface area contributed by atoms with Gasteiger partial charge in [-0.05, 0) is 12.1 Å². The Morgan fingerprint density at radius 3 is 2.40 bits per heavy atom. The molecule has 0 aliphatic carbocycles. The van der Waals surface area contributed by atoms with E-state index >= 15 is 0 Å². The fourth-order valence-corrected chi connectivity index (χ4v) is 1.66. The van der Waals surface area contributed by atoms with Crippen LogP contribution in [0, 0.1) is 0 Å². The fourth-order valence-electron chi connectivity index (χ4n) is 1.66. The van der Waals surface area contributed by atoms with Crippen LogP contribution in [-0.2, 0) is 0 Å². The third-order valence-corrected chi connectivity index (χ3v) is 2.38. The Balaban J connectivity index is 2.74. The first-order valence-corrected chi connectivity index (χ1v) is 4.33. The number of fused-ring (bicyclic) bond motifs is 1. The highest BCUT2D eigenvalue weighted by molar-refractivity contribution is 5.81. The molecule has 1 heterocycles. The SMILES string of the molecule is NC1=CN(O)C(O)c2c(N)ccc(N)c21. The first kappa shape index (κ1) is 9.63. The molecule has 8 N–H and O–H groups in total. The summed E-state index contributed by atoms with van der Waals surface area (Å²) in [6.45, 7) is 0. The van der Waals surface area contributed by atoms with Crippen LogP contribution in [0.4, 0.5) is 11.4 Å². The van der Waals surface area contributed by atoms with Gasteiger partial charge in [0.15, 0.2) is 6.23 Å². The summed E-state index contributed by atoms with van der Waals surface area (Å²) in [5.74, 6) is 0. The van der Waals surface area contributed by atoms with Crippen LogP contribution in [0.1, 0.15) is 17.4 Å². The molecule has 0 bridgehead atoms. The zero-order chi connectivity index (χ0) is 11.2. The van der Waals surface area contributed by atoms with Gasteiger partial charge >= 0.3 is 0 Å². The van der Waals surface area contributed by atoms with Crippen molar-refractivity contribution >= 4 is 17.1 Å². The largest absolute Gasteiger partial charge is 0.398 e. The van der Waals surface area contributed by atoms with Gasteiger partial charge in [-0.1, -0.05) is 0 Å². The summed E-state index contributed by atoms with van der Waals surface area (Å²) in [6.07, 6.45) is -0.0428. The zero-order valence-corrected chi connectivity index (χ0v) is 7.88. The van der Waals surface area contributed by atoms with Crippen molar-refractivity contribution in [1.29, 1.82) is 0 Å². The lowest BCUT2D eigenvalue weighted by atomic mass is 9.97. The van der Waals surface area contributed by atoms with Crippen molar-refractivity contribution in [2.45, 2.75) is 6.23 Å². The molecule has 15 heavy (non-hydrogen) atoms. The van der Waals surface area contributed by atoms with Gasteiger partial charge in [0.05, 0.1) is 11.9 Å². The lowest BCUT2D eigenvalue weighted by Crippen LogP contribution is -2.28. The molecule has 2 rings (SSSR count). The van der Waals surface area contributed by atoms with E-state index in [0.29, 0.717) is 27.6 Å². The molecule has 1 atom stereocenters. The second-order valence-corrected chi connectivity index (χ2v) is 3.37. The Bertz CT molecular complexity index is 444. The number of nitrogen functional groups attached to an aromatic ring is 2. The minimum atomic E-state index is -1.24. The molecule has 0 saturated heterocycles. The molecule has 1 aromatic rings. The van der Waals surface area contributed by atoms with Crippen molar-refractivity contribution in [3.8, 4) is 0 Å². The molecule has 0 aromatic heterocycles.